The SMILES string of the molecule is O=C(Cc1cc(-c2cccnc2)n[nH]1)Nc1ccc(-c2cc3c(N4CCOCC4)nccc3[nH]2)cc1.O=C(Cc1cc(-c2cccnc2)n[nH]1)Nc1ccc(-c2cc3c(N4CCOCC4)ncnc3[nH]2)cc1.O=C(Cc1cc(-c2cccnc2)n[nH]1)Nc1ccc(-c2nc3c(N4CCOCC4)nccc3[nH]2)cc1.O=C(Cc1cc(-c2cccnc2)n[nH]1)Nc1ccc(-c2nc3ncnc(N4CCOCC4)c3[nH]2)cc1. The van der Waals surface area contributed by atoms with Gasteiger partial charge in [-0.3, -0.25) is 59.5 Å². The summed E-state index contributed by atoms with van der Waals surface area (Å²) < 4.78 is 21.9. The number of aromatic nitrogens is 24. The molecule has 4 amide bonds. The predicted molar refractivity (Wildman–Crippen MR) is 546 cm³/mol. The van der Waals surface area contributed by atoms with Gasteiger partial charge in [0.15, 0.2) is 17.3 Å². The van der Waals surface area contributed by atoms with Crippen molar-refractivity contribution in [3.8, 4) is 90.3 Å². The second kappa shape index (κ2) is 43.4. The third-order valence-electron chi connectivity index (χ3n) is 24.4. The number of anilines is 8. The first-order valence-corrected chi connectivity index (χ1v) is 47.0. The summed E-state index contributed by atoms with van der Waals surface area (Å²) in [6.07, 6.45) is 21.3. The molecule has 4 saturated heterocycles. The maximum absolute atomic E-state index is 12.6. The summed E-state index contributed by atoms with van der Waals surface area (Å²) in [5.74, 6) is 4.53. The van der Waals surface area contributed by atoms with E-state index in [2.05, 4.69) is 169 Å². The van der Waals surface area contributed by atoms with Crippen LogP contribution in [0.4, 0.5) is 46.0 Å². The Morgan fingerprint density at radius 1 is 0.306 bits per heavy atom. The number of nitrogens with zero attached hydrogens (tertiary/aromatic N) is 20. The zero-order valence-electron chi connectivity index (χ0n) is 77.8. The van der Waals surface area contributed by atoms with Crippen molar-refractivity contribution in [2.45, 2.75) is 25.7 Å². The van der Waals surface area contributed by atoms with Crippen molar-refractivity contribution in [2.75, 3.05) is 146 Å². The molecule has 24 rings (SSSR count). The van der Waals surface area contributed by atoms with Gasteiger partial charge in [-0.05, 0) is 181 Å². The summed E-state index contributed by atoms with van der Waals surface area (Å²) in [5.41, 5.74) is 23.2. The molecule has 40 nitrogen and oxygen atoms in total. The maximum atomic E-state index is 12.6. The summed E-state index contributed by atoms with van der Waals surface area (Å²) in [6.45, 7) is 12.0. The van der Waals surface area contributed by atoms with Crippen LogP contribution in [0.25, 0.3) is 134 Å². The van der Waals surface area contributed by atoms with Crippen molar-refractivity contribution < 1.29 is 38.1 Å². The lowest BCUT2D eigenvalue weighted by Gasteiger charge is -2.28. The van der Waals surface area contributed by atoms with E-state index in [1.54, 1.807) is 62.1 Å². The molecule has 0 bridgehead atoms. The highest BCUT2D eigenvalue weighted by molar-refractivity contribution is 5.99. The largest absolute Gasteiger partial charge is 0.378 e. The highest BCUT2D eigenvalue weighted by atomic mass is 16.5. The van der Waals surface area contributed by atoms with Crippen LogP contribution in [0.5, 0.6) is 0 Å². The smallest absolute Gasteiger partial charge is 0.230 e. The second-order valence-corrected chi connectivity index (χ2v) is 34.2. The van der Waals surface area contributed by atoms with Gasteiger partial charge in [-0.1, -0.05) is 24.3 Å². The van der Waals surface area contributed by atoms with Crippen molar-refractivity contribution in [1.29, 1.82) is 0 Å². The molecule has 0 atom stereocenters. The number of amides is 4. The third kappa shape index (κ3) is 22.2. The number of hydrogen-bond acceptors (Lipinski definition) is 28. The van der Waals surface area contributed by atoms with Gasteiger partial charge >= 0.3 is 0 Å². The van der Waals surface area contributed by atoms with E-state index in [9.17, 15) is 19.2 Å². The van der Waals surface area contributed by atoms with E-state index in [0.717, 1.165) is 233 Å². The van der Waals surface area contributed by atoms with E-state index in [4.69, 9.17) is 23.9 Å². The van der Waals surface area contributed by atoms with E-state index in [1.165, 1.54) is 6.33 Å². The summed E-state index contributed by atoms with van der Waals surface area (Å²) in [6, 6.07) is 61.4. The van der Waals surface area contributed by atoms with Gasteiger partial charge in [0, 0.05) is 210 Å². The Morgan fingerprint density at radius 2 is 0.653 bits per heavy atom. The Kier molecular flexibility index (Phi) is 27.8. The molecule has 0 unspecified atom stereocenters. The van der Waals surface area contributed by atoms with Crippen LogP contribution < -0.4 is 40.9 Å². The lowest BCUT2D eigenvalue weighted by molar-refractivity contribution is -0.116. The van der Waals surface area contributed by atoms with Crippen LogP contribution in [0.1, 0.15) is 22.8 Å². The fraction of sp³-hybridized carbons (Fsp3) is 0.192. The molecule has 0 radical (unpaired) electrons. The number of carbonyl (C=O) groups is 4. The molecule has 20 heterocycles. The van der Waals surface area contributed by atoms with Crippen LogP contribution in [0.2, 0.25) is 0 Å². The topological polar surface area (TPSA) is 499 Å². The number of H-pyrrole nitrogens is 8. The molecular formula is C104H96N32O8. The van der Waals surface area contributed by atoms with Crippen LogP contribution in [0, 0.1) is 0 Å². The zero-order chi connectivity index (χ0) is 97.3. The summed E-state index contributed by atoms with van der Waals surface area (Å²) >= 11 is 0. The first-order valence-electron chi connectivity index (χ1n) is 47.0. The molecule has 16 aromatic heterocycles. The predicted octanol–water partition coefficient (Wildman–Crippen LogP) is 13.7. The highest BCUT2D eigenvalue weighted by Crippen LogP contribution is 2.36. The molecule has 0 saturated carbocycles. The van der Waals surface area contributed by atoms with Crippen LogP contribution in [0.3, 0.4) is 0 Å². The lowest BCUT2D eigenvalue weighted by atomic mass is 10.1. The monoisotopic (exact) mass is 1920 g/mol. The van der Waals surface area contributed by atoms with Crippen LogP contribution in [-0.2, 0) is 63.8 Å². The standard InChI is InChI=1S/C27H25N7O2.2C26H24N8O2.C25H23N9O2/c35-26(15-21-14-25(33-32-21)19-2-1-8-28-17-19)30-20-5-3-18(4-6-20)24-16-22-23(31-24)7-9-29-27(22)34-10-12-36-13-11-34;35-23(15-20-14-22(33-32-20)18-2-1-8-27-16-18)29-19-5-3-17(4-6-19)25-30-21-7-9-28-26(24(21)31-25)34-10-12-36-13-11-34;35-24(13-20-12-23(33-32-20)18-2-1-7-27-15-18)30-19-5-3-17(4-6-19)22-14-21-25(31-22)28-16-29-26(21)34-8-10-36-11-9-34;35-21(13-19-12-20(33-32-19)17-2-1-7-26-14-17)29-18-5-3-16(4-6-18)23-30-22-24(31-23)27-15-28-25(22)34-8-10-36-11-9-34/h1-9,14,16-17,31H,10-13,15H2,(H,30,35)(H,32,33);1-9,14,16H,10-13,15H2,(H,29,35)(H,30,31)(H,32,33);1-7,12,14-16H,8-11,13H2,(H,30,35)(H,32,33)(H,28,29,31);1-7,12,14-15H,8-11,13H2,(H,29,35)(H,32,33)(H,27,28,30,31). The molecule has 40 heteroatoms. The maximum Gasteiger partial charge on any atom is 0.230 e. The van der Waals surface area contributed by atoms with Crippen LogP contribution >= 0.6 is 0 Å². The molecule has 0 aliphatic carbocycles. The second-order valence-electron chi connectivity index (χ2n) is 34.2. The van der Waals surface area contributed by atoms with Crippen LogP contribution in [-0.4, -0.2) is 249 Å². The fourth-order valence-corrected chi connectivity index (χ4v) is 17.2. The van der Waals surface area contributed by atoms with Gasteiger partial charge < -0.3 is 79.8 Å². The minimum atomic E-state index is -0.140. The Labute approximate surface area is 821 Å². The number of benzene rings is 4. The number of nitrogens with one attached hydrogen (secondary N) is 12. The quantitative estimate of drug-likeness (QED) is 0.0267. The van der Waals surface area contributed by atoms with Crippen molar-refractivity contribution in [2.24, 2.45) is 0 Å². The van der Waals surface area contributed by atoms with Gasteiger partial charge in [0.1, 0.15) is 52.6 Å². The number of aromatic amines is 8. The summed E-state index contributed by atoms with van der Waals surface area (Å²) in [7, 11) is 0. The number of rotatable bonds is 24. The number of fused-ring (bicyclic) bond motifs is 4. The Hall–Kier alpha value is -18.3. The fourth-order valence-electron chi connectivity index (χ4n) is 17.2. The van der Waals surface area contributed by atoms with Gasteiger partial charge in [-0.15, -0.1) is 0 Å². The normalized spacial score (nSPS) is 13.7. The van der Waals surface area contributed by atoms with E-state index in [0.29, 0.717) is 75.7 Å². The van der Waals surface area contributed by atoms with Gasteiger partial charge in [0.05, 0.1) is 118 Å². The molecule has 0 spiro atoms. The molecule has 4 fully saturated rings. The minimum absolute atomic E-state index is 0.115. The van der Waals surface area contributed by atoms with Gasteiger partial charge in [-0.25, -0.2) is 39.9 Å². The Bertz CT molecular complexity index is 6870. The number of imidazole rings is 2. The van der Waals surface area contributed by atoms with Crippen molar-refractivity contribution in [3.63, 3.8) is 0 Å². The zero-order valence-corrected chi connectivity index (χ0v) is 77.8. The van der Waals surface area contributed by atoms with E-state index in [-0.39, 0.29) is 49.3 Å². The molecule has 12 N–H and O–H groups in total. The number of hydrogen-bond donors (Lipinski definition) is 12. The molecular weight excluding hydrogens is 1830 g/mol. The van der Waals surface area contributed by atoms with E-state index < -0.39 is 0 Å². The lowest BCUT2D eigenvalue weighted by Crippen LogP contribution is -2.36. The van der Waals surface area contributed by atoms with Crippen molar-refractivity contribution >= 4 is 114 Å². The minimum Gasteiger partial charge on any atom is -0.378 e. The average Bonchev–Trinajstić information content (AvgIpc) is 1.65. The average molecular weight is 1920 g/mol. The van der Waals surface area contributed by atoms with Crippen molar-refractivity contribution in [1.82, 2.24) is 121 Å². The molecule has 4 aromatic carbocycles. The molecule has 4 aliphatic rings. The number of morpholine rings is 4. The summed E-state index contributed by atoms with van der Waals surface area (Å²) in [5, 5.41) is 42.7. The molecule has 20 aromatic rings. The molecule has 144 heavy (non-hydrogen) atoms. The highest BCUT2D eigenvalue weighted by Gasteiger charge is 2.26. The third-order valence-corrected chi connectivity index (χ3v) is 24.4. The van der Waals surface area contributed by atoms with Gasteiger partial charge in [-0.2, -0.15) is 20.4 Å². The first kappa shape index (κ1) is 92.1. The van der Waals surface area contributed by atoms with E-state index >= 15 is 0 Å². The van der Waals surface area contributed by atoms with Gasteiger partial charge in [0.25, 0.3) is 0 Å². The Morgan fingerprint density at radius 3 is 1.06 bits per heavy atom. The number of carbonyl (C=O) groups excluding carboxylic acids is 4. The summed E-state index contributed by atoms with van der Waals surface area (Å²) in [4.78, 5) is 126. The van der Waals surface area contributed by atoms with Crippen LogP contribution in [0.15, 0.2) is 269 Å². The molecule has 4 aliphatic heterocycles. The number of ether oxygens (including phenoxy) is 4. The number of pyridine rings is 6. The molecule has 720 valence electrons. The van der Waals surface area contributed by atoms with Crippen molar-refractivity contribution in [3.05, 3.63) is 292 Å². The first-order chi connectivity index (χ1) is 70.9. The van der Waals surface area contributed by atoms with E-state index in [1.807, 2.05) is 188 Å². The Balaban J connectivity index is 0.000000113. The van der Waals surface area contributed by atoms with Gasteiger partial charge in [0.2, 0.25) is 23.6 Å².